The van der Waals surface area contributed by atoms with Crippen molar-refractivity contribution in [3.8, 4) is 0 Å². The third-order valence-electron chi connectivity index (χ3n) is 4.31. The third-order valence-corrected chi connectivity index (χ3v) is 4.31. The molecule has 1 aromatic carbocycles. The van der Waals surface area contributed by atoms with E-state index in [9.17, 15) is 9.59 Å². The number of ether oxygens (including phenoxy) is 1. The number of allylic oxidation sites excluding steroid dienone is 1. The molecule has 0 aromatic heterocycles. The van der Waals surface area contributed by atoms with Crippen LogP contribution in [0, 0.1) is 0 Å². The molecule has 0 spiro atoms. The standard InChI is InChI=1S/C18H21NO3/c20-17(12-15-9-5-2-6-10-15)19-16(13-22-18(19)21)11-14-7-3-1-4-8-14/h1,3-4,7-9,16H,2,5-6,10-13H2/t16-/m1/s1. The van der Waals surface area contributed by atoms with Crippen LogP contribution in [0.4, 0.5) is 4.79 Å². The van der Waals surface area contributed by atoms with Gasteiger partial charge in [0.25, 0.3) is 0 Å². The van der Waals surface area contributed by atoms with Crippen LogP contribution < -0.4 is 0 Å². The van der Waals surface area contributed by atoms with Gasteiger partial charge in [-0.15, -0.1) is 0 Å². The highest BCUT2D eigenvalue weighted by molar-refractivity contribution is 5.94. The summed E-state index contributed by atoms with van der Waals surface area (Å²) in [4.78, 5) is 25.8. The third kappa shape index (κ3) is 3.38. The molecule has 1 aliphatic heterocycles. The molecule has 1 heterocycles. The number of nitrogens with zero attached hydrogens (tertiary/aromatic N) is 1. The monoisotopic (exact) mass is 299 g/mol. The van der Waals surface area contributed by atoms with Gasteiger partial charge in [0, 0.05) is 6.42 Å². The Labute approximate surface area is 130 Å². The molecule has 1 atom stereocenters. The van der Waals surface area contributed by atoms with Crippen molar-refractivity contribution < 1.29 is 14.3 Å². The topological polar surface area (TPSA) is 46.6 Å². The highest BCUT2D eigenvalue weighted by atomic mass is 16.6. The number of carbonyl (C=O) groups excluding carboxylic acids is 2. The van der Waals surface area contributed by atoms with Crippen LogP contribution in [-0.2, 0) is 16.0 Å². The van der Waals surface area contributed by atoms with Crippen LogP contribution >= 0.6 is 0 Å². The second-order valence-electron chi connectivity index (χ2n) is 5.97. The molecule has 0 unspecified atom stereocenters. The molecule has 1 aromatic rings. The van der Waals surface area contributed by atoms with Crippen molar-refractivity contribution in [3.63, 3.8) is 0 Å². The van der Waals surface area contributed by atoms with Crippen LogP contribution in [0.1, 0.15) is 37.7 Å². The van der Waals surface area contributed by atoms with Gasteiger partial charge in [0.15, 0.2) is 0 Å². The first kappa shape index (κ1) is 14.8. The van der Waals surface area contributed by atoms with Gasteiger partial charge in [0.2, 0.25) is 5.91 Å². The number of cyclic esters (lactones) is 1. The number of rotatable bonds is 4. The molecule has 2 aliphatic rings. The summed E-state index contributed by atoms with van der Waals surface area (Å²) in [7, 11) is 0. The van der Waals surface area contributed by atoms with Gasteiger partial charge in [-0.05, 0) is 37.7 Å². The van der Waals surface area contributed by atoms with Gasteiger partial charge in [-0.3, -0.25) is 4.79 Å². The average molecular weight is 299 g/mol. The van der Waals surface area contributed by atoms with Crippen molar-refractivity contribution in [2.45, 2.75) is 44.6 Å². The van der Waals surface area contributed by atoms with Crippen LogP contribution in [0.25, 0.3) is 0 Å². The summed E-state index contributed by atoms with van der Waals surface area (Å²) < 4.78 is 5.11. The molecule has 0 N–H and O–H groups in total. The molecule has 0 bridgehead atoms. The molecule has 1 fully saturated rings. The highest BCUT2D eigenvalue weighted by Crippen LogP contribution is 2.24. The molecule has 1 saturated heterocycles. The SMILES string of the molecule is O=C(CC1=CCCCC1)N1C(=O)OC[C@H]1Cc1ccccc1. The summed E-state index contributed by atoms with van der Waals surface area (Å²) in [5.74, 6) is -0.128. The molecule has 116 valence electrons. The Hall–Kier alpha value is -2.10. The zero-order valence-corrected chi connectivity index (χ0v) is 12.7. The lowest BCUT2D eigenvalue weighted by Gasteiger charge is -2.21. The first-order valence-corrected chi connectivity index (χ1v) is 7.94. The van der Waals surface area contributed by atoms with Gasteiger partial charge < -0.3 is 4.74 Å². The largest absolute Gasteiger partial charge is 0.447 e. The van der Waals surface area contributed by atoms with Crippen LogP contribution in [0.15, 0.2) is 42.0 Å². The van der Waals surface area contributed by atoms with E-state index in [1.165, 1.54) is 11.3 Å². The van der Waals surface area contributed by atoms with Crippen molar-refractivity contribution in [1.82, 2.24) is 4.90 Å². The van der Waals surface area contributed by atoms with E-state index in [0.717, 1.165) is 30.4 Å². The van der Waals surface area contributed by atoms with Crippen molar-refractivity contribution in [2.24, 2.45) is 0 Å². The highest BCUT2D eigenvalue weighted by Gasteiger charge is 2.37. The maximum atomic E-state index is 12.5. The number of carbonyl (C=O) groups is 2. The van der Waals surface area contributed by atoms with Gasteiger partial charge in [-0.1, -0.05) is 42.0 Å². The fraction of sp³-hybridized carbons (Fsp3) is 0.444. The molecule has 0 radical (unpaired) electrons. The molecule has 4 nitrogen and oxygen atoms in total. The predicted octanol–water partition coefficient (Wildman–Crippen LogP) is 3.47. The lowest BCUT2D eigenvalue weighted by Crippen LogP contribution is -2.40. The average Bonchev–Trinajstić information content (AvgIpc) is 2.90. The van der Waals surface area contributed by atoms with E-state index in [2.05, 4.69) is 6.08 Å². The minimum absolute atomic E-state index is 0.128. The summed E-state index contributed by atoms with van der Waals surface area (Å²) >= 11 is 0. The summed E-state index contributed by atoms with van der Waals surface area (Å²) in [5, 5.41) is 0. The summed E-state index contributed by atoms with van der Waals surface area (Å²) in [6.45, 7) is 0.290. The van der Waals surface area contributed by atoms with Crippen LogP contribution in [0.2, 0.25) is 0 Å². The Morgan fingerprint density at radius 3 is 2.77 bits per heavy atom. The Balaban J connectivity index is 1.67. The number of imide groups is 1. The van der Waals surface area contributed by atoms with Crippen molar-refractivity contribution in [3.05, 3.63) is 47.5 Å². The maximum Gasteiger partial charge on any atom is 0.416 e. The second kappa shape index (κ2) is 6.77. The van der Waals surface area contributed by atoms with Gasteiger partial charge in [0.1, 0.15) is 6.61 Å². The van der Waals surface area contributed by atoms with Crippen molar-refractivity contribution >= 4 is 12.0 Å². The quantitative estimate of drug-likeness (QED) is 0.800. The van der Waals surface area contributed by atoms with E-state index in [1.807, 2.05) is 30.3 Å². The molecular weight excluding hydrogens is 278 g/mol. The minimum Gasteiger partial charge on any atom is -0.447 e. The molecule has 3 rings (SSSR count). The zero-order chi connectivity index (χ0) is 15.4. The Kier molecular flexibility index (Phi) is 4.56. The molecule has 22 heavy (non-hydrogen) atoms. The molecule has 2 amide bonds. The van der Waals surface area contributed by atoms with Crippen LogP contribution in [0.3, 0.4) is 0 Å². The summed E-state index contributed by atoms with van der Waals surface area (Å²) in [6, 6.07) is 9.71. The van der Waals surface area contributed by atoms with Crippen molar-refractivity contribution in [2.75, 3.05) is 6.61 Å². The van der Waals surface area contributed by atoms with Crippen LogP contribution in [-0.4, -0.2) is 29.5 Å². The number of hydrogen-bond acceptors (Lipinski definition) is 3. The molecule has 0 saturated carbocycles. The predicted molar refractivity (Wildman–Crippen MR) is 83.3 cm³/mol. The van der Waals surface area contributed by atoms with E-state index in [0.29, 0.717) is 19.4 Å². The van der Waals surface area contributed by atoms with Gasteiger partial charge in [-0.25, -0.2) is 9.69 Å². The molecule has 1 aliphatic carbocycles. The zero-order valence-electron chi connectivity index (χ0n) is 12.7. The Morgan fingerprint density at radius 2 is 2.05 bits per heavy atom. The number of hydrogen-bond donors (Lipinski definition) is 0. The maximum absolute atomic E-state index is 12.5. The van der Waals surface area contributed by atoms with Gasteiger partial charge in [-0.2, -0.15) is 0 Å². The first-order valence-electron chi connectivity index (χ1n) is 7.94. The van der Waals surface area contributed by atoms with Gasteiger partial charge >= 0.3 is 6.09 Å². The second-order valence-corrected chi connectivity index (χ2v) is 5.97. The van der Waals surface area contributed by atoms with Crippen molar-refractivity contribution in [1.29, 1.82) is 0 Å². The normalized spacial score (nSPS) is 21.5. The molecular formula is C18H21NO3. The Bertz CT molecular complexity index is 579. The van der Waals surface area contributed by atoms with Gasteiger partial charge in [0.05, 0.1) is 6.04 Å². The minimum atomic E-state index is -0.498. The van der Waals surface area contributed by atoms with E-state index in [1.54, 1.807) is 0 Å². The molecule has 4 heteroatoms. The van der Waals surface area contributed by atoms with E-state index >= 15 is 0 Å². The first-order chi connectivity index (χ1) is 10.7. The lowest BCUT2D eigenvalue weighted by atomic mass is 9.96. The van der Waals surface area contributed by atoms with E-state index in [4.69, 9.17) is 4.74 Å². The Morgan fingerprint density at radius 1 is 1.23 bits per heavy atom. The summed E-state index contributed by atoms with van der Waals surface area (Å²) in [6.07, 6.45) is 6.99. The lowest BCUT2D eigenvalue weighted by molar-refractivity contribution is -0.128. The number of amides is 2. The van der Waals surface area contributed by atoms with Crippen LogP contribution in [0.5, 0.6) is 0 Å². The fourth-order valence-electron chi connectivity index (χ4n) is 3.15. The van der Waals surface area contributed by atoms with E-state index < -0.39 is 6.09 Å². The smallest absolute Gasteiger partial charge is 0.416 e. The number of benzene rings is 1. The van der Waals surface area contributed by atoms with E-state index in [-0.39, 0.29) is 11.9 Å². The summed E-state index contributed by atoms with van der Waals surface area (Å²) in [5.41, 5.74) is 2.27. The fourth-order valence-corrected chi connectivity index (χ4v) is 3.15.